The molecule has 2 saturated carbocycles. The predicted molar refractivity (Wildman–Crippen MR) is 68.8 cm³/mol. The van der Waals surface area contributed by atoms with Gasteiger partial charge in [0.2, 0.25) is 5.92 Å². The second-order valence-electron chi connectivity index (χ2n) is 5.67. The minimum atomic E-state index is -2.49. The summed E-state index contributed by atoms with van der Waals surface area (Å²) in [6.07, 6.45) is 6.18. The quantitative estimate of drug-likeness (QED) is 0.604. The van der Waals surface area contributed by atoms with Crippen molar-refractivity contribution < 1.29 is 8.78 Å². The van der Waals surface area contributed by atoms with Gasteiger partial charge in [0.25, 0.3) is 0 Å². The maximum Gasteiger partial charge on any atom is 0.248 e. The van der Waals surface area contributed by atoms with Crippen LogP contribution in [0.4, 0.5) is 8.78 Å². The second kappa shape index (κ2) is 5.85. The van der Waals surface area contributed by atoms with Crippen molar-refractivity contribution in [2.45, 2.75) is 63.3 Å². The van der Waals surface area contributed by atoms with Crippen LogP contribution in [0.5, 0.6) is 0 Å². The van der Waals surface area contributed by atoms with Gasteiger partial charge in [-0.3, -0.25) is 4.99 Å². The topological polar surface area (TPSA) is 50.4 Å². The molecule has 0 radical (unpaired) electrons. The number of nitrogens with one attached hydrogen (secondary N) is 1. The summed E-state index contributed by atoms with van der Waals surface area (Å²) in [7, 11) is 0. The fourth-order valence-electron chi connectivity index (χ4n) is 2.98. The monoisotopic (exact) mass is 259 g/mol. The van der Waals surface area contributed by atoms with Crippen molar-refractivity contribution >= 4 is 5.96 Å². The van der Waals surface area contributed by atoms with Crippen LogP contribution >= 0.6 is 0 Å². The van der Waals surface area contributed by atoms with Gasteiger partial charge in [0, 0.05) is 25.4 Å². The molecule has 0 aliphatic heterocycles. The van der Waals surface area contributed by atoms with E-state index in [9.17, 15) is 8.78 Å². The highest BCUT2D eigenvalue weighted by molar-refractivity contribution is 5.78. The average Bonchev–Trinajstić information content (AvgIpc) is 2.78. The van der Waals surface area contributed by atoms with E-state index >= 15 is 0 Å². The summed E-state index contributed by atoms with van der Waals surface area (Å²) in [6, 6.07) is 0.432. The average molecular weight is 259 g/mol. The number of guanidine groups is 1. The van der Waals surface area contributed by atoms with Gasteiger partial charge in [0.1, 0.15) is 0 Å². The summed E-state index contributed by atoms with van der Waals surface area (Å²) in [4.78, 5) is 4.23. The summed E-state index contributed by atoms with van der Waals surface area (Å²) >= 11 is 0. The SMILES string of the molecule is NC(=NCC1CCCC(F)(F)C1)NC1CCCC1. The molecule has 0 aromatic carbocycles. The van der Waals surface area contributed by atoms with E-state index in [1.807, 2.05) is 0 Å². The number of hydrogen-bond donors (Lipinski definition) is 2. The van der Waals surface area contributed by atoms with Crippen LogP contribution in [0, 0.1) is 5.92 Å². The van der Waals surface area contributed by atoms with E-state index in [0.717, 1.165) is 19.3 Å². The third-order valence-electron chi connectivity index (χ3n) is 3.97. The molecular formula is C13H23F2N3. The predicted octanol–water partition coefficient (Wildman–Crippen LogP) is 2.66. The molecule has 18 heavy (non-hydrogen) atoms. The molecule has 3 nitrogen and oxygen atoms in total. The number of nitrogens with two attached hydrogens (primary N) is 1. The lowest BCUT2D eigenvalue weighted by Gasteiger charge is -2.27. The summed E-state index contributed by atoms with van der Waals surface area (Å²) in [5.41, 5.74) is 5.79. The van der Waals surface area contributed by atoms with E-state index in [1.54, 1.807) is 0 Å². The van der Waals surface area contributed by atoms with Crippen LogP contribution in [0.25, 0.3) is 0 Å². The molecule has 2 aliphatic rings. The van der Waals surface area contributed by atoms with Crippen molar-refractivity contribution in [2.24, 2.45) is 16.6 Å². The van der Waals surface area contributed by atoms with Crippen molar-refractivity contribution in [3.63, 3.8) is 0 Å². The first-order chi connectivity index (χ1) is 8.55. The molecule has 5 heteroatoms. The van der Waals surface area contributed by atoms with Crippen LogP contribution in [-0.2, 0) is 0 Å². The fourth-order valence-corrected chi connectivity index (χ4v) is 2.98. The molecule has 2 fully saturated rings. The third kappa shape index (κ3) is 4.10. The standard InChI is InChI=1S/C13H23F2N3/c14-13(15)7-3-4-10(8-13)9-17-12(16)18-11-5-1-2-6-11/h10-11H,1-9H2,(H3,16,17,18). The Morgan fingerprint density at radius 1 is 1.22 bits per heavy atom. The molecule has 2 aliphatic carbocycles. The van der Waals surface area contributed by atoms with Crippen molar-refractivity contribution in [3.8, 4) is 0 Å². The van der Waals surface area contributed by atoms with E-state index in [-0.39, 0.29) is 18.8 Å². The van der Waals surface area contributed by atoms with Gasteiger partial charge >= 0.3 is 0 Å². The van der Waals surface area contributed by atoms with Crippen LogP contribution in [-0.4, -0.2) is 24.5 Å². The Labute approximate surface area is 107 Å². The van der Waals surface area contributed by atoms with Gasteiger partial charge in [0.15, 0.2) is 5.96 Å². The van der Waals surface area contributed by atoms with Crippen LogP contribution in [0.2, 0.25) is 0 Å². The zero-order chi connectivity index (χ0) is 13.0. The number of nitrogens with zero attached hydrogens (tertiary/aromatic N) is 1. The third-order valence-corrected chi connectivity index (χ3v) is 3.97. The highest BCUT2D eigenvalue weighted by Crippen LogP contribution is 2.36. The first kappa shape index (κ1) is 13.6. The molecule has 0 aromatic heterocycles. The van der Waals surface area contributed by atoms with E-state index in [4.69, 9.17) is 5.73 Å². The summed E-state index contributed by atoms with van der Waals surface area (Å²) in [5, 5.41) is 3.18. The molecule has 0 spiro atoms. The van der Waals surface area contributed by atoms with Gasteiger partial charge in [-0.2, -0.15) is 0 Å². The van der Waals surface area contributed by atoms with Crippen molar-refractivity contribution in [3.05, 3.63) is 0 Å². The maximum atomic E-state index is 13.2. The first-order valence-corrected chi connectivity index (χ1v) is 6.99. The van der Waals surface area contributed by atoms with Crippen molar-refractivity contribution in [1.82, 2.24) is 5.32 Å². The van der Waals surface area contributed by atoms with Crippen LogP contribution in [0.3, 0.4) is 0 Å². The Balaban J connectivity index is 1.75. The fraction of sp³-hybridized carbons (Fsp3) is 0.923. The minimum Gasteiger partial charge on any atom is -0.370 e. The molecule has 0 amide bonds. The molecule has 0 heterocycles. The molecular weight excluding hydrogens is 236 g/mol. The van der Waals surface area contributed by atoms with Gasteiger partial charge < -0.3 is 11.1 Å². The molecule has 1 unspecified atom stereocenters. The summed E-state index contributed by atoms with van der Waals surface area (Å²) < 4.78 is 26.4. The Kier molecular flexibility index (Phi) is 4.40. The van der Waals surface area contributed by atoms with E-state index in [0.29, 0.717) is 25.0 Å². The van der Waals surface area contributed by atoms with Crippen LogP contribution in [0.15, 0.2) is 4.99 Å². The van der Waals surface area contributed by atoms with Crippen molar-refractivity contribution in [2.75, 3.05) is 6.54 Å². The number of hydrogen-bond acceptors (Lipinski definition) is 1. The van der Waals surface area contributed by atoms with Gasteiger partial charge in [-0.1, -0.05) is 12.8 Å². The van der Waals surface area contributed by atoms with E-state index in [2.05, 4.69) is 10.3 Å². The molecule has 0 aromatic rings. The lowest BCUT2D eigenvalue weighted by molar-refractivity contribution is -0.0508. The molecule has 3 N–H and O–H groups in total. The molecule has 1 atom stereocenters. The second-order valence-corrected chi connectivity index (χ2v) is 5.67. The lowest BCUT2D eigenvalue weighted by Crippen LogP contribution is -2.39. The highest BCUT2D eigenvalue weighted by Gasteiger charge is 2.35. The van der Waals surface area contributed by atoms with E-state index < -0.39 is 5.92 Å². The van der Waals surface area contributed by atoms with Gasteiger partial charge in [-0.15, -0.1) is 0 Å². The lowest BCUT2D eigenvalue weighted by atomic mass is 9.87. The summed E-state index contributed by atoms with van der Waals surface area (Å²) in [6.45, 7) is 0.432. The smallest absolute Gasteiger partial charge is 0.248 e. The number of rotatable bonds is 3. The van der Waals surface area contributed by atoms with Crippen LogP contribution in [0.1, 0.15) is 51.4 Å². The van der Waals surface area contributed by atoms with Gasteiger partial charge in [-0.25, -0.2) is 8.78 Å². The Morgan fingerprint density at radius 2 is 1.94 bits per heavy atom. The van der Waals surface area contributed by atoms with E-state index in [1.165, 1.54) is 12.8 Å². The van der Waals surface area contributed by atoms with Gasteiger partial charge in [0.05, 0.1) is 0 Å². The number of halogens is 2. The Bertz CT molecular complexity index is 299. The molecule has 0 bridgehead atoms. The zero-order valence-corrected chi connectivity index (χ0v) is 10.8. The Morgan fingerprint density at radius 3 is 2.61 bits per heavy atom. The maximum absolute atomic E-state index is 13.2. The van der Waals surface area contributed by atoms with Gasteiger partial charge in [-0.05, 0) is 31.6 Å². The van der Waals surface area contributed by atoms with Crippen molar-refractivity contribution in [1.29, 1.82) is 0 Å². The molecule has 0 saturated heterocycles. The number of alkyl halides is 2. The highest BCUT2D eigenvalue weighted by atomic mass is 19.3. The normalized spacial score (nSPS) is 29.4. The minimum absolute atomic E-state index is 0.0160. The molecule has 2 rings (SSSR count). The Hall–Kier alpha value is -0.870. The first-order valence-electron chi connectivity index (χ1n) is 6.99. The zero-order valence-electron chi connectivity index (χ0n) is 10.8. The molecule has 104 valence electrons. The van der Waals surface area contributed by atoms with Crippen LogP contribution < -0.4 is 11.1 Å². The number of aliphatic imine (C=N–C) groups is 1. The summed E-state index contributed by atoms with van der Waals surface area (Å²) in [5.74, 6) is -2.08. The largest absolute Gasteiger partial charge is 0.370 e.